The molecule has 1 saturated heterocycles. The van der Waals surface area contributed by atoms with Crippen molar-refractivity contribution in [1.29, 1.82) is 0 Å². The number of anilines is 1. The Balaban J connectivity index is 1.56. The summed E-state index contributed by atoms with van der Waals surface area (Å²) in [6.07, 6.45) is 3.03. The number of amides is 2. The first-order chi connectivity index (χ1) is 12.0. The van der Waals surface area contributed by atoms with Gasteiger partial charge >= 0.3 is 6.03 Å². The molecule has 0 radical (unpaired) electrons. The molecular formula is C18H23N5O2. The first-order valence-electron chi connectivity index (χ1n) is 8.38. The lowest BCUT2D eigenvalue weighted by molar-refractivity contribution is 0.246. The Morgan fingerprint density at radius 1 is 1.28 bits per heavy atom. The van der Waals surface area contributed by atoms with Crippen LogP contribution in [0.15, 0.2) is 47.5 Å². The zero-order valence-corrected chi connectivity index (χ0v) is 14.5. The summed E-state index contributed by atoms with van der Waals surface area (Å²) in [6.45, 7) is 4.69. The second-order valence-corrected chi connectivity index (χ2v) is 6.55. The maximum atomic E-state index is 12.2. The van der Waals surface area contributed by atoms with Crippen molar-refractivity contribution in [3.63, 3.8) is 0 Å². The minimum absolute atomic E-state index is 0.0364. The lowest BCUT2D eigenvalue weighted by Crippen LogP contribution is -2.43. The molecule has 2 atom stereocenters. The third-order valence-electron chi connectivity index (χ3n) is 4.50. The van der Waals surface area contributed by atoms with Crippen LogP contribution in [0, 0.1) is 5.92 Å². The highest BCUT2D eigenvalue weighted by Gasteiger charge is 2.30. The maximum absolute atomic E-state index is 12.2. The molecule has 1 aliphatic heterocycles. The van der Waals surface area contributed by atoms with E-state index in [2.05, 4.69) is 39.6 Å². The Morgan fingerprint density at radius 3 is 2.80 bits per heavy atom. The quantitative estimate of drug-likeness (QED) is 0.882. The summed E-state index contributed by atoms with van der Waals surface area (Å²) >= 11 is 0. The molecule has 1 aliphatic rings. The van der Waals surface area contributed by atoms with Gasteiger partial charge in [0.05, 0.1) is 0 Å². The van der Waals surface area contributed by atoms with Crippen LogP contribution in [-0.2, 0) is 13.6 Å². The molecule has 0 aliphatic carbocycles. The summed E-state index contributed by atoms with van der Waals surface area (Å²) in [5.74, 6) is 0.371. The van der Waals surface area contributed by atoms with Crippen LogP contribution in [0.1, 0.15) is 12.5 Å². The standard InChI is InChI=1S/C18H23N5O2/c1-13-10-23(11-14-6-4-3-5-7-14)12-15(13)20-18(25)21-16-17(24)22(2)9-8-19-16/h3-9,13,15H,10-12H2,1-2H3,(H2,19,20,21,25). The van der Waals surface area contributed by atoms with Crippen molar-refractivity contribution >= 4 is 11.8 Å². The molecule has 1 fully saturated rings. The van der Waals surface area contributed by atoms with Crippen molar-refractivity contribution in [3.8, 4) is 0 Å². The number of rotatable bonds is 4. The molecule has 2 unspecified atom stereocenters. The van der Waals surface area contributed by atoms with Crippen molar-refractivity contribution in [2.45, 2.75) is 19.5 Å². The monoisotopic (exact) mass is 341 g/mol. The summed E-state index contributed by atoms with van der Waals surface area (Å²) in [4.78, 5) is 30.4. The van der Waals surface area contributed by atoms with E-state index in [1.54, 1.807) is 13.2 Å². The van der Waals surface area contributed by atoms with Crippen LogP contribution in [0.5, 0.6) is 0 Å². The minimum atomic E-state index is -0.394. The highest BCUT2D eigenvalue weighted by Crippen LogP contribution is 2.19. The van der Waals surface area contributed by atoms with Crippen LogP contribution in [0.3, 0.4) is 0 Å². The normalized spacial score (nSPS) is 20.4. The molecule has 7 nitrogen and oxygen atoms in total. The number of urea groups is 1. The fourth-order valence-corrected chi connectivity index (χ4v) is 3.12. The van der Waals surface area contributed by atoms with E-state index in [0.29, 0.717) is 5.92 Å². The predicted molar refractivity (Wildman–Crippen MR) is 96.3 cm³/mol. The first-order valence-corrected chi connectivity index (χ1v) is 8.38. The molecular weight excluding hydrogens is 318 g/mol. The molecule has 0 saturated carbocycles. The van der Waals surface area contributed by atoms with Gasteiger partial charge in [-0.3, -0.25) is 15.0 Å². The van der Waals surface area contributed by atoms with E-state index in [0.717, 1.165) is 19.6 Å². The fraction of sp³-hybridized carbons (Fsp3) is 0.389. The van der Waals surface area contributed by atoms with Crippen molar-refractivity contribution in [1.82, 2.24) is 19.8 Å². The van der Waals surface area contributed by atoms with E-state index in [9.17, 15) is 9.59 Å². The molecule has 2 heterocycles. The first kappa shape index (κ1) is 17.2. The third kappa shape index (κ3) is 4.24. The van der Waals surface area contributed by atoms with Crippen molar-refractivity contribution in [3.05, 3.63) is 58.6 Å². The number of hydrogen-bond acceptors (Lipinski definition) is 4. The third-order valence-corrected chi connectivity index (χ3v) is 4.50. The lowest BCUT2D eigenvalue weighted by atomic mass is 10.1. The van der Waals surface area contributed by atoms with Gasteiger partial charge in [-0.25, -0.2) is 9.78 Å². The van der Waals surface area contributed by atoms with Gasteiger partial charge in [0.25, 0.3) is 5.56 Å². The van der Waals surface area contributed by atoms with Crippen LogP contribution >= 0.6 is 0 Å². The van der Waals surface area contributed by atoms with E-state index in [4.69, 9.17) is 0 Å². The number of hydrogen-bond donors (Lipinski definition) is 2. The highest BCUT2D eigenvalue weighted by molar-refractivity contribution is 5.88. The molecule has 2 amide bonds. The van der Waals surface area contributed by atoms with Gasteiger partial charge in [0.2, 0.25) is 5.82 Å². The van der Waals surface area contributed by atoms with E-state index < -0.39 is 6.03 Å². The van der Waals surface area contributed by atoms with Crippen LogP contribution < -0.4 is 16.2 Å². The fourth-order valence-electron chi connectivity index (χ4n) is 3.12. The maximum Gasteiger partial charge on any atom is 0.320 e. The number of carbonyl (C=O) groups excluding carboxylic acids is 1. The highest BCUT2D eigenvalue weighted by atomic mass is 16.2. The van der Waals surface area contributed by atoms with Crippen LogP contribution in [0.2, 0.25) is 0 Å². The molecule has 1 aromatic heterocycles. The van der Waals surface area contributed by atoms with Gasteiger partial charge in [0.1, 0.15) is 0 Å². The summed E-state index contributed by atoms with van der Waals surface area (Å²) in [5.41, 5.74) is 0.930. The number of carbonyl (C=O) groups is 1. The Labute approximate surface area is 146 Å². The number of likely N-dealkylation sites (tertiary alicyclic amines) is 1. The van der Waals surface area contributed by atoms with Crippen LogP contribution in [-0.4, -0.2) is 39.6 Å². The second-order valence-electron chi connectivity index (χ2n) is 6.55. The van der Waals surface area contributed by atoms with Gasteiger partial charge in [0, 0.05) is 45.1 Å². The Hall–Kier alpha value is -2.67. The zero-order chi connectivity index (χ0) is 17.8. The number of aromatic nitrogens is 2. The molecule has 3 rings (SSSR count). The Bertz CT molecular complexity index is 790. The lowest BCUT2D eigenvalue weighted by Gasteiger charge is -2.17. The zero-order valence-electron chi connectivity index (χ0n) is 14.5. The SMILES string of the molecule is CC1CN(Cc2ccccc2)CC1NC(=O)Nc1nccn(C)c1=O. The van der Waals surface area contributed by atoms with E-state index >= 15 is 0 Å². The van der Waals surface area contributed by atoms with E-state index in [1.807, 2.05) is 18.2 Å². The number of benzene rings is 1. The smallest absolute Gasteiger partial charge is 0.320 e. The van der Waals surface area contributed by atoms with Crippen LogP contribution in [0.4, 0.5) is 10.6 Å². The van der Waals surface area contributed by atoms with Gasteiger partial charge in [-0.05, 0) is 11.5 Å². The summed E-state index contributed by atoms with van der Waals surface area (Å²) in [6, 6.07) is 9.93. The Kier molecular flexibility index (Phi) is 5.14. The minimum Gasteiger partial charge on any atom is -0.333 e. The predicted octanol–water partition coefficient (Wildman–Crippen LogP) is 1.42. The van der Waals surface area contributed by atoms with E-state index in [1.165, 1.54) is 16.3 Å². The molecule has 0 spiro atoms. The van der Waals surface area contributed by atoms with Crippen molar-refractivity contribution < 1.29 is 4.79 Å². The second kappa shape index (κ2) is 7.48. The summed E-state index contributed by atoms with van der Waals surface area (Å²) in [7, 11) is 1.62. The van der Waals surface area contributed by atoms with Crippen LogP contribution in [0.25, 0.3) is 0 Å². The van der Waals surface area contributed by atoms with Gasteiger partial charge in [-0.2, -0.15) is 0 Å². The van der Waals surface area contributed by atoms with Gasteiger partial charge in [-0.1, -0.05) is 37.3 Å². The average Bonchev–Trinajstić information content (AvgIpc) is 2.92. The van der Waals surface area contributed by atoms with Crippen molar-refractivity contribution in [2.75, 3.05) is 18.4 Å². The average molecular weight is 341 g/mol. The molecule has 1 aromatic carbocycles. The molecule has 2 aromatic rings. The molecule has 132 valence electrons. The van der Waals surface area contributed by atoms with Gasteiger partial charge in [0.15, 0.2) is 0 Å². The molecule has 2 N–H and O–H groups in total. The largest absolute Gasteiger partial charge is 0.333 e. The number of aryl methyl sites for hydroxylation is 1. The van der Waals surface area contributed by atoms with E-state index in [-0.39, 0.29) is 17.4 Å². The van der Waals surface area contributed by atoms with Gasteiger partial charge < -0.3 is 9.88 Å². The topological polar surface area (TPSA) is 79.3 Å². The molecule has 7 heteroatoms. The summed E-state index contributed by atoms with van der Waals surface area (Å²) < 4.78 is 1.38. The summed E-state index contributed by atoms with van der Waals surface area (Å²) in [5, 5.41) is 5.51. The molecule has 25 heavy (non-hydrogen) atoms. The molecule has 0 bridgehead atoms. The Morgan fingerprint density at radius 2 is 2.04 bits per heavy atom. The number of nitrogens with one attached hydrogen (secondary N) is 2. The number of nitrogens with zero attached hydrogens (tertiary/aromatic N) is 3. The van der Waals surface area contributed by atoms with Gasteiger partial charge in [-0.15, -0.1) is 0 Å². The van der Waals surface area contributed by atoms with Crippen molar-refractivity contribution in [2.24, 2.45) is 13.0 Å².